The van der Waals surface area contributed by atoms with Crippen LogP contribution in [0.25, 0.3) is 10.6 Å². The lowest BCUT2D eigenvalue weighted by atomic mass is 9.96. The van der Waals surface area contributed by atoms with Crippen LogP contribution in [-0.2, 0) is 11.8 Å². The highest BCUT2D eigenvalue weighted by Crippen LogP contribution is 2.28. The van der Waals surface area contributed by atoms with Crippen molar-refractivity contribution in [2.45, 2.75) is 39.2 Å². The molecule has 7 nitrogen and oxygen atoms in total. The minimum atomic E-state index is -1.28. The zero-order valence-electron chi connectivity index (χ0n) is 13.6. The number of aromatic nitrogens is 3. The van der Waals surface area contributed by atoms with Crippen molar-refractivity contribution >= 4 is 23.2 Å². The number of carbonyl (C=O) groups is 2. The summed E-state index contributed by atoms with van der Waals surface area (Å²) in [6.07, 6.45) is 4.52. The summed E-state index contributed by atoms with van der Waals surface area (Å²) in [5.41, 5.74) is 0.126. The summed E-state index contributed by atoms with van der Waals surface area (Å²) >= 11 is 1.24. The Morgan fingerprint density at radius 2 is 2.17 bits per heavy atom. The first-order valence-electron chi connectivity index (χ1n) is 7.29. The summed E-state index contributed by atoms with van der Waals surface area (Å²) in [4.78, 5) is 28.8. The third kappa shape index (κ3) is 3.58. The van der Waals surface area contributed by atoms with Gasteiger partial charge in [-0.1, -0.05) is 13.3 Å². The lowest BCUT2D eigenvalue weighted by Crippen LogP contribution is -2.52. The fraction of sp³-hybridized carbons (Fsp3) is 0.467. The molecule has 2 heterocycles. The molecule has 2 rings (SSSR count). The Labute approximate surface area is 138 Å². The maximum Gasteiger partial charge on any atom is 0.329 e. The minimum absolute atomic E-state index is 0.362. The van der Waals surface area contributed by atoms with Gasteiger partial charge in [0.1, 0.15) is 15.4 Å². The second-order valence-electron chi connectivity index (χ2n) is 5.68. The van der Waals surface area contributed by atoms with E-state index in [-0.39, 0.29) is 0 Å². The van der Waals surface area contributed by atoms with E-state index in [1.165, 1.54) is 18.3 Å². The van der Waals surface area contributed by atoms with E-state index >= 15 is 0 Å². The van der Waals surface area contributed by atoms with Gasteiger partial charge in [0, 0.05) is 18.8 Å². The number of aryl methyl sites for hydroxylation is 2. The van der Waals surface area contributed by atoms with Gasteiger partial charge in [-0.05, 0) is 20.3 Å². The molecule has 0 fully saturated rings. The molecule has 0 aliphatic rings. The molecule has 8 heteroatoms. The number of carbonyl (C=O) groups excluding carboxylic acids is 1. The van der Waals surface area contributed by atoms with E-state index in [1.807, 2.05) is 13.1 Å². The second-order valence-corrected chi connectivity index (χ2v) is 6.68. The maximum atomic E-state index is 12.5. The lowest BCUT2D eigenvalue weighted by molar-refractivity contribution is -0.144. The zero-order chi connectivity index (χ0) is 17.2. The standard InChI is InChI=1S/C15H20N4O3S/c1-5-6-15(3,14(21)22)18-12(20)11-9(2)17-13(23-11)10-7-16-19(4)8-10/h7-8H,5-6H2,1-4H3,(H,18,20)(H,21,22). The second kappa shape index (κ2) is 6.49. The van der Waals surface area contributed by atoms with Crippen LogP contribution in [0.5, 0.6) is 0 Å². The first-order chi connectivity index (χ1) is 10.8. The molecule has 0 spiro atoms. The molecule has 2 aromatic heterocycles. The van der Waals surface area contributed by atoms with Crippen molar-refractivity contribution in [1.82, 2.24) is 20.1 Å². The molecule has 0 bridgehead atoms. The van der Waals surface area contributed by atoms with Crippen LogP contribution in [0.2, 0.25) is 0 Å². The third-order valence-electron chi connectivity index (χ3n) is 3.57. The maximum absolute atomic E-state index is 12.5. The quantitative estimate of drug-likeness (QED) is 0.843. The first-order valence-corrected chi connectivity index (χ1v) is 8.11. The Morgan fingerprint density at radius 1 is 1.48 bits per heavy atom. The van der Waals surface area contributed by atoms with E-state index in [0.717, 1.165) is 5.56 Å². The number of amides is 1. The molecule has 1 unspecified atom stereocenters. The van der Waals surface area contributed by atoms with Gasteiger partial charge in [0.2, 0.25) is 0 Å². The molecule has 0 aliphatic heterocycles. The van der Waals surface area contributed by atoms with Gasteiger partial charge in [-0.3, -0.25) is 9.48 Å². The molecule has 0 aliphatic carbocycles. The molecule has 124 valence electrons. The zero-order valence-corrected chi connectivity index (χ0v) is 14.4. The van der Waals surface area contributed by atoms with Crippen LogP contribution in [-0.4, -0.2) is 37.3 Å². The Morgan fingerprint density at radius 3 is 2.70 bits per heavy atom. The van der Waals surface area contributed by atoms with Gasteiger partial charge in [0.25, 0.3) is 5.91 Å². The topological polar surface area (TPSA) is 97.1 Å². The predicted molar refractivity (Wildman–Crippen MR) is 87.5 cm³/mol. The number of aliphatic carboxylic acids is 1. The monoisotopic (exact) mass is 336 g/mol. The van der Waals surface area contributed by atoms with Crippen molar-refractivity contribution < 1.29 is 14.7 Å². The fourth-order valence-electron chi connectivity index (χ4n) is 2.29. The van der Waals surface area contributed by atoms with E-state index in [2.05, 4.69) is 15.4 Å². The first kappa shape index (κ1) is 17.1. The Kier molecular flexibility index (Phi) is 4.84. The van der Waals surface area contributed by atoms with Gasteiger partial charge in [-0.25, -0.2) is 9.78 Å². The van der Waals surface area contributed by atoms with E-state index in [1.54, 1.807) is 24.9 Å². The Hall–Kier alpha value is -2.22. The summed E-state index contributed by atoms with van der Waals surface area (Å²) < 4.78 is 1.66. The van der Waals surface area contributed by atoms with Crippen molar-refractivity contribution in [3.8, 4) is 10.6 Å². The molecule has 1 atom stereocenters. The number of carboxylic acid groups (broad SMARTS) is 1. The van der Waals surface area contributed by atoms with Crippen LogP contribution < -0.4 is 5.32 Å². The van der Waals surface area contributed by atoms with Crippen LogP contribution in [0.15, 0.2) is 12.4 Å². The molecular formula is C15H20N4O3S. The van der Waals surface area contributed by atoms with Gasteiger partial charge in [0.05, 0.1) is 11.9 Å². The van der Waals surface area contributed by atoms with Crippen LogP contribution in [0.4, 0.5) is 0 Å². The number of hydrogen-bond donors (Lipinski definition) is 2. The highest BCUT2D eigenvalue weighted by atomic mass is 32.1. The van der Waals surface area contributed by atoms with Crippen molar-refractivity contribution in [2.75, 3.05) is 0 Å². The van der Waals surface area contributed by atoms with Crippen LogP contribution in [0.1, 0.15) is 42.1 Å². The number of rotatable bonds is 6. The third-order valence-corrected chi connectivity index (χ3v) is 4.77. The SMILES string of the molecule is CCCC(C)(NC(=O)c1sc(-c2cnn(C)c2)nc1C)C(=O)O. The molecule has 0 radical (unpaired) electrons. The Balaban J connectivity index is 2.26. The number of thiazole rings is 1. The average Bonchev–Trinajstić information content (AvgIpc) is 3.04. The largest absolute Gasteiger partial charge is 0.480 e. The van der Waals surface area contributed by atoms with Gasteiger partial charge >= 0.3 is 5.97 Å². The fourth-order valence-corrected chi connectivity index (χ4v) is 3.23. The minimum Gasteiger partial charge on any atom is -0.480 e. The van der Waals surface area contributed by atoms with Crippen molar-refractivity contribution in [3.05, 3.63) is 23.0 Å². The predicted octanol–water partition coefficient (Wildman–Crippen LogP) is 2.23. The van der Waals surface area contributed by atoms with Crippen LogP contribution >= 0.6 is 11.3 Å². The van der Waals surface area contributed by atoms with E-state index in [0.29, 0.717) is 28.4 Å². The molecule has 0 saturated carbocycles. The average molecular weight is 336 g/mol. The van der Waals surface area contributed by atoms with Crippen molar-refractivity contribution in [1.29, 1.82) is 0 Å². The normalized spacial score (nSPS) is 13.6. The summed E-state index contributed by atoms with van der Waals surface area (Å²) in [5, 5.41) is 16.8. The summed E-state index contributed by atoms with van der Waals surface area (Å²) in [5.74, 6) is -1.45. The molecular weight excluding hydrogens is 316 g/mol. The van der Waals surface area contributed by atoms with Gasteiger partial charge < -0.3 is 10.4 Å². The number of hydrogen-bond acceptors (Lipinski definition) is 5. The van der Waals surface area contributed by atoms with Crippen LogP contribution in [0, 0.1) is 6.92 Å². The molecule has 2 N–H and O–H groups in total. The van der Waals surface area contributed by atoms with Gasteiger partial charge in [0.15, 0.2) is 0 Å². The molecule has 1 amide bonds. The smallest absolute Gasteiger partial charge is 0.329 e. The summed E-state index contributed by atoms with van der Waals surface area (Å²) in [7, 11) is 1.81. The van der Waals surface area contributed by atoms with E-state index in [9.17, 15) is 14.7 Å². The van der Waals surface area contributed by atoms with E-state index in [4.69, 9.17) is 0 Å². The lowest BCUT2D eigenvalue weighted by Gasteiger charge is -2.25. The van der Waals surface area contributed by atoms with Crippen LogP contribution in [0.3, 0.4) is 0 Å². The molecule has 0 aromatic carbocycles. The molecule has 2 aromatic rings. The van der Waals surface area contributed by atoms with Gasteiger partial charge in [-0.2, -0.15) is 5.10 Å². The van der Waals surface area contributed by atoms with Gasteiger partial charge in [-0.15, -0.1) is 11.3 Å². The number of nitrogens with one attached hydrogen (secondary N) is 1. The highest BCUT2D eigenvalue weighted by Gasteiger charge is 2.35. The summed E-state index contributed by atoms with van der Waals surface area (Å²) in [6, 6.07) is 0. The van der Waals surface area contributed by atoms with Crippen molar-refractivity contribution in [3.63, 3.8) is 0 Å². The number of carboxylic acids is 1. The summed E-state index contributed by atoms with van der Waals surface area (Å²) in [6.45, 7) is 5.14. The Bertz CT molecular complexity index is 737. The number of nitrogens with zero attached hydrogens (tertiary/aromatic N) is 3. The highest BCUT2D eigenvalue weighted by molar-refractivity contribution is 7.17. The molecule has 23 heavy (non-hydrogen) atoms. The molecule has 0 saturated heterocycles. The van der Waals surface area contributed by atoms with E-state index < -0.39 is 17.4 Å². The van der Waals surface area contributed by atoms with Crippen molar-refractivity contribution in [2.24, 2.45) is 7.05 Å².